The molecule has 0 bridgehead atoms. The van der Waals surface area contributed by atoms with Gasteiger partial charge in [0.1, 0.15) is 23.5 Å². The first-order valence-corrected chi connectivity index (χ1v) is 20.8. The summed E-state index contributed by atoms with van der Waals surface area (Å²) in [5.74, 6) is 0.881. The van der Waals surface area contributed by atoms with Gasteiger partial charge in [-0.15, -0.1) is 0 Å². The molecule has 0 atom stereocenters. The van der Waals surface area contributed by atoms with E-state index in [9.17, 15) is 14.2 Å². The number of piperazine rings is 1. The molecule has 2 fully saturated rings. The Hall–Kier alpha value is -4.32. The fourth-order valence-electron chi connectivity index (χ4n) is 6.51. The number of halogens is 1. The minimum atomic E-state index is -2.59. The van der Waals surface area contributed by atoms with Crippen LogP contribution in [0.2, 0.25) is 5.02 Å². The lowest BCUT2D eigenvalue weighted by molar-refractivity contribution is -0.112. The number of amides is 2. The number of rotatable bonds is 10. The van der Waals surface area contributed by atoms with Crippen LogP contribution in [-0.4, -0.2) is 103 Å². The predicted octanol–water partition coefficient (Wildman–Crippen LogP) is 7.30. The smallest absolute Gasteiger partial charge is 0.410 e. The van der Waals surface area contributed by atoms with Gasteiger partial charge in [-0.2, -0.15) is 4.98 Å². The van der Waals surface area contributed by atoms with Gasteiger partial charge in [0.2, 0.25) is 11.9 Å². The number of carbonyl (C=O) groups excluding carboxylic acids is 2. The van der Waals surface area contributed by atoms with E-state index >= 15 is 0 Å². The highest BCUT2D eigenvalue weighted by Gasteiger charge is 2.32. The predicted molar refractivity (Wildman–Crippen MR) is 215 cm³/mol. The second kappa shape index (κ2) is 16.8. The van der Waals surface area contributed by atoms with Gasteiger partial charge in [-0.25, -0.2) is 9.78 Å². The molecular weight excluding hydrogens is 715 g/mol. The summed E-state index contributed by atoms with van der Waals surface area (Å²) >= 11 is 6.51. The molecule has 2 aromatic carbocycles. The number of benzene rings is 2. The van der Waals surface area contributed by atoms with E-state index in [0.29, 0.717) is 53.1 Å². The Morgan fingerprint density at radius 2 is 1.64 bits per heavy atom. The van der Waals surface area contributed by atoms with Crippen molar-refractivity contribution in [3.8, 4) is 5.75 Å². The molecule has 2 aliphatic heterocycles. The molecule has 0 aliphatic carbocycles. The topological polar surface area (TPSA) is 141 Å². The van der Waals surface area contributed by atoms with Crippen molar-refractivity contribution in [2.24, 2.45) is 0 Å². The van der Waals surface area contributed by atoms with E-state index in [2.05, 4.69) is 35.7 Å². The Morgan fingerprint density at radius 3 is 2.26 bits per heavy atom. The average Bonchev–Trinajstić information content (AvgIpc) is 3.09. The maximum Gasteiger partial charge on any atom is 0.410 e. The summed E-state index contributed by atoms with van der Waals surface area (Å²) in [5, 5.41) is 10.5. The molecule has 0 unspecified atom stereocenters. The molecule has 53 heavy (non-hydrogen) atoms. The van der Waals surface area contributed by atoms with Crippen LogP contribution in [0.25, 0.3) is 0 Å². The number of nitrogens with one attached hydrogen (secondary N) is 3. The number of carbonyl (C=O) groups is 2. The first-order chi connectivity index (χ1) is 25.0. The molecule has 2 aliphatic rings. The van der Waals surface area contributed by atoms with Crippen LogP contribution in [0, 0.1) is 0 Å². The number of aromatic nitrogens is 2. The first-order valence-electron chi connectivity index (χ1n) is 17.9. The average molecular weight is 767 g/mol. The second-order valence-electron chi connectivity index (χ2n) is 15.0. The van der Waals surface area contributed by atoms with E-state index in [1.807, 2.05) is 71.0 Å². The number of ether oxygens (including phenoxy) is 2. The summed E-state index contributed by atoms with van der Waals surface area (Å²) in [5.41, 5.74) is 3.01. The van der Waals surface area contributed by atoms with Crippen LogP contribution in [-0.2, 0) is 14.1 Å². The summed E-state index contributed by atoms with van der Waals surface area (Å²) in [6, 6.07) is 11.5. The van der Waals surface area contributed by atoms with Gasteiger partial charge in [0.25, 0.3) is 0 Å². The fraction of sp³-hybridized carbons (Fsp3) is 0.474. The maximum atomic E-state index is 13.1. The maximum absolute atomic E-state index is 13.1. The van der Waals surface area contributed by atoms with E-state index < -0.39 is 12.7 Å². The Labute approximate surface area is 317 Å². The van der Waals surface area contributed by atoms with Crippen molar-refractivity contribution >= 4 is 70.6 Å². The van der Waals surface area contributed by atoms with Gasteiger partial charge in [-0.3, -0.25) is 9.69 Å². The lowest BCUT2D eigenvalue weighted by Crippen LogP contribution is -2.55. The molecule has 286 valence electrons. The monoisotopic (exact) mass is 766 g/mol. The SMILES string of the molecule is COc1cc(N2CCC(N3CCN(C(=O)OC(C)(C)C)CC3)CC2)c(NC(=O)C=C(C)C)cc1Nc1ncc(Cl)c(Nc2ccccc2P(C)(C)=O)n1. The number of piperidine rings is 1. The van der Waals surface area contributed by atoms with Gasteiger partial charge in [0, 0.05) is 62.8 Å². The van der Waals surface area contributed by atoms with Crippen LogP contribution in [0.15, 0.2) is 54.2 Å². The molecule has 3 aromatic rings. The zero-order chi connectivity index (χ0) is 38.5. The van der Waals surface area contributed by atoms with E-state index in [0.717, 1.165) is 50.3 Å². The van der Waals surface area contributed by atoms with Crippen molar-refractivity contribution in [2.45, 2.75) is 59.1 Å². The van der Waals surface area contributed by atoms with E-state index in [-0.39, 0.29) is 23.0 Å². The highest BCUT2D eigenvalue weighted by Crippen LogP contribution is 2.41. The van der Waals surface area contributed by atoms with Crippen molar-refractivity contribution in [2.75, 3.05) is 80.6 Å². The highest BCUT2D eigenvalue weighted by atomic mass is 35.5. The zero-order valence-electron chi connectivity index (χ0n) is 32.0. The first kappa shape index (κ1) is 39.9. The van der Waals surface area contributed by atoms with Crippen LogP contribution in [0.1, 0.15) is 47.5 Å². The minimum Gasteiger partial charge on any atom is -0.494 e. The molecule has 13 nitrogen and oxygen atoms in total. The van der Waals surface area contributed by atoms with E-state index in [4.69, 9.17) is 21.1 Å². The second-order valence-corrected chi connectivity index (χ2v) is 18.6. The minimum absolute atomic E-state index is 0.239. The van der Waals surface area contributed by atoms with Gasteiger partial charge in [-0.1, -0.05) is 29.3 Å². The van der Waals surface area contributed by atoms with Crippen LogP contribution in [0.3, 0.4) is 0 Å². The number of nitrogens with zero attached hydrogens (tertiary/aromatic N) is 5. The molecule has 2 saturated heterocycles. The van der Waals surface area contributed by atoms with Gasteiger partial charge in [-0.05, 0) is 79.0 Å². The van der Waals surface area contributed by atoms with Crippen LogP contribution in [0.4, 0.5) is 39.3 Å². The zero-order valence-corrected chi connectivity index (χ0v) is 33.6. The Bertz CT molecular complexity index is 1870. The quantitative estimate of drug-likeness (QED) is 0.141. The van der Waals surface area contributed by atoms with E-state index in [1.54, 1.807) is 31.4 Å². The van der Waals surface area contributed by atoms with Crippen LogP contribution in [0.5, 0.6) is 5.75 Å². The molecule has 0 saturated carbocycles. The lowest BCUT2D eigenvalue weighted by atomic mass is 10.0. The number of allylic oxidation sites excluding steroid dienone is 1. The molecule has 5 rings (SSSR count). The van der Waals surface area contributed by atoms with Crippen molar-refractivity contribution in [1.82, 2.24) is 19.8 Å². The van der Waals surface area contributed by atoms with Crippen molar-refractivity contribution < 1.29 is 23.6 Å². The van der Waals surface area contributed by atoms with Crippen LogP contribution >= 0.6 is 18.7 Å². The van der Waals surface area contributed by atoms with Crippen LogP contribution < -0.4 is 30.9 Å². The van der Waals surface area contributed by atoms with E-state index in [1.165, 1.54) is 6.20 Å². The van der Waals surface area contributed by atoms with Gasteiger partial charge < -0.3 is 39.8 Å². The Balaban J connectivity index is 1.34. The highest BCUT2D eigenvalue weighted by molar-refractivity contribution is 7.70. The number of para-hydroxylation sites is 1. The van der Waals surface area contributed by atoms with Crippen molar-refractivity contribution in [1.29, 1.82) is 0 Å². The number of methoxy groups -OCH3 is 1. The molecule has 0 radical (unpaired) electrons. The fourth-order valence-corrected chi connectivity index (χ4v) is 7.80. The van der Waals surface area contributed by atoms with Crippen molar-refractivity contribution in [3.05, 3.63) is 59.3 Å². The number of anilines is 6. The van der Waals surface area contributed by atoms with Crippen molar-refractivity contribution in [3.63, 3.8) is 0 Å². The summed E-state index contributed by atoms with van der Waals surface area (Å²) in [7, 11) is -1.00. The summed E-state index contributed by atoms with van der Waals surface area (Å²) < 4.78 is 24.4. The Morgan fingerprint density at radius 1 is 0.962 bits per heavy atom. The third kappa shape index (κ3) is 10.6. The summed E-state index contributed by atoms with van der Waals surface area (Å²) in [6.07, 6.45) is 4.65. The lowest BCUT2D eigenvalue weighted by Gasteiger charge is -2.43. The third-order valence-electron chi connectivity index (χ3n) is 9.01. The standard InChI is InChI=1S/C38H52ClN8O5P/c1-25(2)21-34(48)41-29-22-30(43-36-40-24-27(39)35(44-36)42-28-11-9-10-12-33(28)53(7,8)50)32(51-6)23-31(29)46-15-13-26(14-16-46)45-17-19-47(20-18-45)37(49)52-38(3,4)5/h9-12,21-24,26H,13-20H2,1-8H3,(H,41,48)(H2,40,42,43,44). The molecular formula is C38H52ClN8O5P. The summed E-state index contributed by atoms with van der Waals surface area (Å²) in [4.78, 5) is 41.2. The normalized spacial score (nSPS) is 15.8. The van der Waals surface area contributed by atoms with Gasteiger partial charge >= 0.3 is 6.09 Å². The molecule has 3 N–H and O–H groups in total. The van der Waals surface area contributed by atoms with Gasteiger partial charge in [0.05, 0.1) is 36.1 Å². The molecule has 2 amide bonds. The largest absolute Gasteiger partial charge is 0.494 e. The molecule has 0 spiro atoms. The number of hydrogen-bond donors (Lipinski definition) is 3. The molecule has 15 heteroatoms. The Kier molecular flexibility index (Phi) is 12.6. The summed E-state index contributed by atoms with van der Waals surface area (Å²) in [6.45, 7) is 17.3. The number of hydrogen-bond acceptors (Lipinski definition) is 11. The van der Waals surface area contributed by atoms with Gasteiger partial charge in [0.15, 0.2) is 5.82 Å². The molecule has 3 heterocycles. The molecule has 1 aromatic heterocycles. The third-order valence-corrected chi connectivity index (χ3v) is 10.8.